The number of nitrogens with one attached hydrogen (secondary N) is 1. The Kier molecular flexibility index (Phi) is 6.08. The Morgan fingerprint density at radius 1 is 1.38 bits per heavy atom. The molecule has 0 aromatic heterocycles. The fourth-order valence-corrected chi connectivity index (χ4v) is 3.41. The molecule has 1 aromatic carbocycles. The molecular formula is C17H27BrN2O. The van der Waals surface area contributed by atoms with Crippen molar-refractivity contribution in [1.29, 1.82) is 0 Å². The molecule has 2 rings (SSSR count). The number of benzene rings is 1. The van der Waals surface area contributed by atoms with E-state index < -0.39 is 0 Å². The van der Waals surface area contributed by atoms with Gasteiger partial charge in [-0.15, -0.1) is 0 Å². The average molecular weight is 355 g/mol. The minimum absolute atomic E-state index is 0.384. The van der Waals surface area contributed by atoms with Crippen LogP contribution in [0.25, 0.3) is 0 Å². The zero-order valence-electron chi connectivity index (χ0n) is 13.5. The lowest BCUT2D eigenvalue weighted by atomic mass is 9.97. The third kappa shape index (κ3) is 4.97. The predicted octanol–water partition coefficient (Wildman–Crippen LogP) is 3.84. The molecule has 0 radical (unpaired) electrons. The van der Waals surface area contributed by atoms with Crippen LogP contribution >= 0.6 is 15.9 Å². The summed E-state index contributed by atoms with van der Waals surface area (Å²) in [6.45, 7) is 6.44. The van der Waals surface area contributed by atoms with Crippen molar-refractivity contribution >= 4 is 15.9 Å². The molecule has 1 aromatic rings. The molecule has 3 nitrogen and oxygen atoms in total. The first kappa shape index (κ1) is 16.8. The zero-order valence-corrected chi connectivity index (χ0v) is 15.1. The van der Waals surface area contributed by atoms with Gasteiger partial charge in [0.25, 0.3) is 0 Å². The number of hydrogen-bond acceptors (Lipinski definition) is 3. The Labute approximate surface area is 137 Å². The molecule has 21 heavy (non-hydrogen) atoms. The van der Waals surface area contributed by atoms with Crippen molar-refractivity contribution in [2.45, 2.75) is 38.8 Å². The molecule has 1 aliphatic heterocycles. The van der Waals surface area contributed by atoms with Crippen LogP contribution in [0.5, 0.6) is 5.75 Å². The Morgan fingerprint density at radius 3 is 2.81 bits per heavy atom. The van der Waals surface area contributed by atoms with Crippen LogP contribution in [-0.2, 0) is 0 Å². The molecule has 0 aliphatic carbocycles. The highest BCUT2D eigenvalue weighted by atomic mass is 79.9. The fourth-order valence-electron chi connectivity index (χ4n) is 3.03. The number of ether oxygens (including phenoxy) is 1. The highest BCUT2D eigenvalue weighted by Crippen LogP contribution is 2.34. The molecule has 1 N–H and O–H groups in total. The van der Waals surface area contributed by atoms with E-state index >= 15 is 0 Å². The lowest BCUT2D eigenvalue weighted by molar-refractivity contribution is 0.224. The first-order valence-corrected chi connectivity index (χ1v) is 8.58. The number of fused-ring (bicyclic) bond motifs is 1. The molecular weight excluding hydrogens is 328 g/mol. The van der Waals surface area contributed by atoms with Gasteiger partial charge in [0.1, 0.15) is 5.75 Å². The second-order valence-corrected chi connectivity index (χ2v) is 7.54. The van der Waals surface area contributed by atoms with Gasteiger partial charge in [0.05, 0.1) is 6.61 Å². The summed E-state index contributed by atoms with van der Waals surface area (Å²) in [5.41, 5.74) is 1.28. The van der Waals surface area contributed by atoms with Gasteiger partial charge in [-0.3, -0.25) is 0 Å². The van der Waals surface area contributed by atoms with Crippen molar-refractivity contribution in [3.8, 4) is 5.75 Å². The quantitative estimate of drug-likeness (QED) is 0.839. The molecule has 4 heteroatoms. The third-order valence-electron chi connectivity index (χ3n) is 3.79. The molecule has 1 heterocycles. The first-order valence-electron chi connectivity index (χ1n) is 7.78. The van der Waals surface area contributed by atoms with Gasteiger partial charge >= 0.3 is 0 Å². The SMILES string of the molecule is CC(C)CC(CN(C)C)NC1CCOc2ccc(Br)cc21. The van der Waals surface area contributed by atoms with Gasteiger partial charge in [0, 0.05) is 35.1 Å². The Morgan fingerprint density at radius 2 is 2.14 bits per heavy atom. The molecule has 2 atom stereocenters. The van der Waals surface area contributed by atoms with E-state index in [4.69, 9.17) is 4.74 Å². The minimum atomic E-state index is 0.384. The average Bonchev–Trinajstić information content (AvgIpc) is 2.38. The summed E-state index contributed by atoms with van der Waals surface area (Å²) in [5, 5.41) is 3.86. The van der Waals surface area contributed by atoms with Crippen LogP contribution in [0.15, 0.2) is 22.7 Å². The molecule has 1 aliphatic rings. The van der Waals surface area contributed by atoms with E-state index in [1.165, 1.54) is 12.0 Å². The lowest BCUT2D eigenvalue weighted by Crippen LogP contribution is -2.42. The van der Waals surface area contributed by atoms with E-state index in [1.54, 1.807) is 0 Å². The summed E-state index contributed by atoms with van der Waals surface area (Å²) in [5.74, 6) is 1.72. The van der Waals surface area contributed by atoms with Crippen LogP contribution in [0, 0.1) is 5.92 Å². The second-order valence-electron chi connectivity index (χ2n) is 6.63. The van der Waals surface area contributed by atoms with Gasteiger partial charge < -0.3 is 15.0 Å². The van der Waals surface area contributed by atoms with Gasteiger partial charge in [-0.05, 0) is 44.6 Å². The molecule has 0 saturated heterocycles. The largest absolute Gasteiger partial charge is 0.493 e. The summed E-state index contributed by atoms with van der Waals surface area (Å²) in [6, 6.07) is 7.20. The van der Waals surface area contributed by atoms with Gasteiger partial charge in [-0.2, -0.15) is 0 Å². The van der Waals surface area contributed by atoms with Crippen LogP contribution < -0.4 is 10.1 Å². The molecule has 0 saturated carbocycles. The standard InChI is InChI=1S/C17H27BrN2O/c1-12(2)9-14(11-20(3)4)19-16-7-8-21-17-6-5-13(18)10-15(16)17/h5-6,10,12,14,16,19H,7-9,11H2,1-4H3. The molecule has 0 amide bonds. The number of halogens is 1. The highest BCUT2D eigenvalue weighted by Gasteiger charge is 2.24. The summed E-state index contributed by atoms with van der Waals surface area (Å²) in [6.07, 6.45) is 2.23. The minimum Gasteiger partial charge on any atom is -0.493 e. The Bertz CT molecular complexity index is 452. The predicted molar refractivity (Wildman–Crippen MR) is 91.9 cm³/mol. The monoisotopic (exact) mass is 354 g/mol. The van der Waals surface area contributed by atoms with Crippen LogP contribution in [0.2, 0.25) is 0 Å². The van der Waals surface area contributed by atoms with E-state index in [0.29, 0.717) is 18.0 Å². The van der Waals surface area contributed by atoms with E-state index in [1.807, 2.05) is 6.07 Å². The van der Waals surface area contributed by atoms with Crippen LogP contribution in [0.1, 0.15) is 38.3 Å². The van der Waals surface area contributed by atoms with Crippen molar-refractivity contribution in [3.63, 3.8) is 0 Å². The molecule has 0 bridgehead atoms. The van der Waals surface area contributed by atoms with Crippen molar-refractivity contribution in [3.05, 3.63) is 28.2 Å². The van der Waals surface area contributed by atoms with E-state index in [0.717, 1.165) is 29.8 Å². The molecule has 0 fully saturated rings. The summed E-state index contributed by atoms with van der Waals surface area (Å²) in [7, 11) is 4.28. The number of nitrogens with zero attached hydrogens (tertiary/aromatic N) is 1. The number of likely N-dealkylation sites (N-methyl/N-ethyl adjacent to an activating group) is 1. The second kappa shape index (κ2) is 7.61. The summed E-state index contributed by atoms with van der Waals surface area (Å²) >= 11 is 3.57. The fraction of sp³-hybridized carbons (Fsp3) is 0.647. The highest BCUT2D eigenvalue weighted by molar-refractivity contribution is 9.10. The Balaban J connectivity index is 2.12. The maximum Gasteiger partial charge on any atom is 0.124 e. The van der Waals surface area contributed by atoms with Crippen LogP contribution in [0.4, 0.5) is 0 Å². The third-order valence-corrected chi connectivity index (χ3v) is 4.28. The van der Waals surface area contributed by atoms with Gasteiger partial charge in [-0.1, -0.05) is 29.8 Å². The summed E-state index contributed by atoms with van der Waals surface area (Å²) < 4.78 is 6.90. The molecule has 2 unspecified atom stereocenters. The smallest absolute Gasteiger partial charge is 0.124 e. The van der Waals surface area contributed by atoms with Crippen molar-refractivity contribution in [1.82, 2.24) is 10.2 Å². The maximum absolute atomic E-state index is 5.78. The van der Waals surface area contributed by atoms with Crippen LogP contribution in [0.3, 0.4) is 0 Å². The lowest BCUT2D eigenvalue weighted by Gasteiger charge is -2.32. The Hall–Kier alpha value is -0.580. The topological polar surface area (TPSA) is 24.5 Å². The van der Waals surface area contributed by atoms with Gasteiger partial charge in [-0.25, -0.2) is 0 Å². The normalized spacial score (nSPS) is 19.5. The van der Waals surface area contributed by atoms with E-state index in [-0.39, 0.29) is 0 Å². The van der Waals surface area contributed by atoms with Gasteiger partial charge in [0.2, 0.25) is 0 Å². The summed E-state index contributed by atoms with van der Waals surface area (Å²) in [4.78, 5) is 2.27. The van der Waals surface area contributed by atoms with Crippen LogP contribution in [-0.4, -0.2) is 38.2 Å². The van der Waals surface area contributed by atoms with Gasteiger partial charge in [0.15, 0.2) is 0 Å². The molecule has 0 spiro atoms. The molecule has 118 valence electrons. The maximum atomic E-state index is 5.78. The zero-order chi connectivity index (χ0) is 15.4. The van der Waals surface area contributed by atoms with E-state index in [9.17, 15) is 0 Å². The first-order chi connectivity index (χ1) is 9.95. The number of rotatable bonds is 6. The van der Waals surface area contributed by atoms with Crippen molar-refractivity contribution in [2.24, 2.45) is 5.92 Å². The van der Waals surface area contributed by atoms with E-state index in [2.05, 4.69) is 66.2 Å². The number of hydrogen-bond donors (Lipinski definition) is 1. The van der Waals surface area contributed by atoms with Crippen molar-refractivity contribution in [2.75, 3.05) is 27.2 Å². The van der Waals surface area contributed by atoms with Crippen molar-refractivity contribution < 1.29 is 4.74 Å².